The van der Waals surface area contributed by atoms with Gasteiger partial charge in [0.25, 0.3) is 0 Å². The summed E-state index contributed by atoms with van der Waals surface area (Å²) in [7, 11) is 0. The van der Waals surface area contributed by atoms with Crippen molar-refractivity contribution >= 4 is 17.9 Å². The fraction of sp³-hybridized carbons (Fsp3) is 0.591. The summed E-state index contributed by atoms with van der Waals surface area (Å²) in [5.74, 6) is -1.41. The second kappa shape index (κ2) is 13.7. The first kappa shape index (κ1) is 25.6. The molecular formula is C22H34O6. The Bertz CT molecular complexity index is 526. The molecule has 2 aliphatic rings. The summed E-state index contributed by atoms with van der Waals surface area (Å²) in [6, 6.07) is 0. The molecular weight excluding hydrogens is 360 g/mol. The molecule has 0 aromatic carbocycles. The van der Waals surface area contributed by atoms with Crippen LogP contribution >= 0.6 is 0 Å². The van der Waals surface area contributed by atoms with Gasteiger partial charge in [0.2, 0.25) is 0 Å². The third-order valence-corrected chi connectivity index (χ3v) is 4.21. The summed E-state index contributed by atoms with van der Waals surface area (Å²) in [6.07, 6.45) is 9.19. The summed E-state index contributed by atoms with van der Waals surface area (Å²) < 4.78 is 10.3. The van der Waals surface area contributed by atoms with Crippen LogP contribution in [-0.4, -0.2) is 35.2 Å². The Hall–Kier alpha value is -2.37. The minimum absolute atomic E-state index is 0.166. The molecule has 158 valence electrons. The first-order valence-corrected chi connectivity index (χ1v) is 9.66. The van der Waals surface area contributed by atoms with Gasteiger partial charge in [0.15, 0.2) is 0 Å². The van der Waals surface area contributed by atoms with Crippen molar-refractivity contribution in [3.05, 3.63) is 36.5 Å². The second-order valence-corrected chi connectivity index (χ2v) is 7.27. The highest BCUT2D eigenvalue weighted by atomic mass is 16.5. The molecule has 2 saturated carbocycles. The predicted molar refractivity (Wildman–Crippen MR) is 109 cm³/mol. The number of esters is 2. The van der Waals surface area contributed by atoms with Crippen LogP contribution in [0.3, 0.4) is 0 Å². The maximum absolute atomic E-state index is 11.0. The van der Waals surface area contributed by atoms with Crippen molar-refractivity contribution < 1.29 is 29.0 Å². The quantitative estimate of drug-likeness (QED) is 0.535. The molecule has 0 spiro atoms. The van der Waals surface area contributed by atoms with E-state index in [1.807, 2.05) is 0 Å². The van der Waals surface area contributed by atoms with E-state index >= 15 is 0 Å². The molecule has 2 aliphatic carbocycles. The topological polar surface area (TPSA) is 89.9 Å². The average molecular weight is 395 g/mol. The van der Waals surface area contributed by atoms with Crippen LogP contribution in [0, 0.1) is 0 Å². The maximum Gasteiger partial charge on any atom is 0.333 e. The van der Waals surface area contributed by atoms with Gasteiger partial charge in [0.05, 0.1) is 0 Å². The van der Waals surface area contributed by atoms with Gasteiger partial charge in [0, 0.05) is 16.7 Å². The van der Waals surface area contributed by atoms with Gasteiger partial charge in [-0.1, -0.05) is 19.7 Å². The first-order valence-electron chi connectivity index (χ1n) is 9.66. The molecule has 0 heterocycles. The summed E-state index contributed by atoms with van der Waals surface area (Å²) in [5, 5.41) is 7.89. The number of carbonyl (C=O) groups is 3. The smallest absolute Gasteiger partial charge is 0.333 e. The molecule has 2 fully saturated rings. The van der Waals surface area contributed by atoms with Crippen molar-refractivity contribution in [3.8, 4) is 0 Å². The van der Waals surface area contributed by atoms with E-state index in [4.69, 9.17) is 14.6 Å². The van der Waals surface area contributed by atoms with Crippen LogP contribution in [-0.2, 0) is 23.9 Å². The van der Waals surface area contributed by atoms with E-state index in [0.29, 0.717) is 11.1 Å². The van der Waals surface area contributed by atoms with Crippen molar-refractivity contribution in [2.45, 2.75) is 84.3 Å². The number of hydrogen-bond donors (Lipinski definition) is 1. The lowest BCUT2D eigenvalue weighted by molar-refractivity contribution is -0.144. The molecule has 0 aliphatic heterocycles. The van der Waals surface area contributed by atoms with E-state index in [9.17, 15) is 14.4 Å². The molecule has 0 bridgehead atoms. The van der Waals surface area contributed by atoms with E-state index in [-0.39, 0.29) is 29.7 Å². The van der Waals surface area contributed by atoms with Gasteiger partial charge in [-0.05, 0) is 72.1 Å². The monoisotopic (exact) mass is 394 g/mol. The summed E-state index contributed by atoms with van der Waals surface area (Å²) >= 11 is 0. The van der Waals surface area contributed by atoms with Gasteiger partial charge >= 0.3 is 17.9 Å². The standard InChI is InChI=1S/2C9H14O2.C4H6O2/c2*1-7(2)9(10)11-8-5-3-4-6-8;1-3(2)4(5)6/h2*8H,1,3-6H2,2H3;1H2,2H3,(H,5,6). The van der Waals surface area contributed by atoms with Crippen molar-refractivity contribution in [1.29, 1.82) is 0 Å². The first-order chi connectivity index (χ1) is 13.0. The number of carbonyl (C=O) groups excluding carboxylic acids is 2. The van der Waals surface area contributed by atoms with Crippen molar-refractivity contribution in [1.82, 2.24) is 0 Å². The normalized spacial score (nSPS) is 16.0. The molecule has 0 amide bonds. The van der Waals surface area contributed by atoms with Gasteiger partial charge in [-0.2, -0.15) is 0 Å². The molecule has 6 heteroatoms. The largest absolute Gasteiger partial charge is 0.478 e. The van der Waals surface area contributed by atoms with E-state index in [2.05, 4.69) is 19.7 Å². The minimum atomic E-state index is -0.935. The molecule has 0 unspecified atom stereocenters. The zero-order valence-corrected chi connectivity index (χ0v) is 17.4. The molecule has 28 heavy (non-hydrogen) atoms. The van der Waals surface area contributed by atoms with Crippen LogP contribution in [0.5, 0.6) is 0 Å². The van der Waals surface area contributed by atoms with Crippen molar-refractivity contribution in [2.75, 3.05) is 0 Å². The van der Waals surface area contributed by atoms with E-state index in [0.717, 1.165) is 25.7 Å². The van der Waals surface area contributed by atoms with Gasteiger partial charge in [-0.3, -0.25) is 0 Å². The zero-order chi connectivity index (χ0) is 21.7. The lowest BCUT2D eigenvalue weighted by atomic mass is 10.3. The number of carboxylic acids is 1. The third kappa shape index (κ3) is 12.1. The van der Waals surface area contributed by atoms with E-state index in [1.54, 1.807) is 13.8 Å². The number of aliphatic carboxylic acids is 1. The Kier molecular flexibility index (Phi) is 12.6. The van der Waals surface area contributed by atoms with Gasteiger partial charge in [-0.25, -0.2) is 14.4 Å². The Labute approximate surface area is 168 Å². The predicted octanol–water partition coefficient (Wildman–Crippen LogP) is 4.74. The van der Waals surface area contributed by atoms with Crippen LogP contribution in [0.1, 0.15) is 72.1 Å². The Morgan fingerprint density at radius 2 is 0.929 bits per heavy atom. The van der Waals surface area contributed by atoms with Crippen LogP contribution < -0.4 is 0 Å². The number of rotatable bonds is 5. The fourth-order valence-electron chi connectivity index (χ4n) is 2.52. The fourth-order valence-corrected chi connectivity index (χ4v) is 2.52. The lowest BCUT2D eigenvalue weighted by Gasteiger charge is -2.10. The van der Waals surface area contributed by atoms with Crippen LogP contribution in [0.25, 0.3) is 0 Å². The van der Waals surface area contributed by atoms with Crippen molar-refractivity contribution in [3.63, 3.8) is 0 Å². The molecule has 0 radical (unpaired) electrons. The van der Waals surface area contributed by atoms with E-state index < -0.39 is 5.97 Å². The number of hydrogen-bond acceptors (Lipinski definition) is 5. The SMILES string of the molecule is C=C(C)C(=O)O.C=C(C)C(=O)OC1CCCC1.C=C(C)C(=O)OC1CCCC1. The molecule has 0 aromatic rings. The molecule has 0 saturated heterocycles. The van der Waals surface area contributed by atoms with Crippen LogP contribution in [0.4, 0.5) is 0 Å². The van der Waals surface area contributed by atoms with Crippen LogP contribution in [0.2, 0.25) is 0 Å². The van der Waals surface area contributed by atoms with Gasteiger partial charge < -0.3 is 14.6 Å². The average Bonchev–Trinajstić information content (AvgIpc) is 3.29. The molecule has 2 rings (SSSR count). The van der Waals surface area contributed by atoms with Crippen LogP contribution in [0.15, 0.2) is 36.5 Å². The Morgan fingerprint density at radius 1 is 0.679 bits per heavy atom. The summed E-state index contributed by atoms with van der Waals surface area (Å²) in [4.78, 5) is 31.6. The summed E-state index contributed by atoms with van der Waals surface area (Å²) in [6.45, 7) is 15.0. The molecule has 0 atom stereocenters. The van der Waals surface area contributed by atoms with E-state index in [1.165, 1.54) is 32.6 Å². The zero-order valence-electron chi connectivity index (χ0n) is 17.4. The number of ether oxygens (including phenoxy) is 2. The highest BCUT2D eigenvalue weighted by molar-refractivity contribution is 5.87. The lowest BCUT2D eigenvalue weighted by Crippen LogP contribution is -2.14. The Morgan fingerprint density at radius 3 is 1.11 bits per heavy atom. The Balaban J connectivity index is 0.000000411. The molecule has 0 aromatic heterocycles. The molecule has 6 nitrogen and oxygen atoms in total. The maximum atomic E-state index is 11.0. The van der Waals surface area contributed by atoms with Gasteiger partial charge in [0.1, 0.15) is 12.2 Å². The number of carboxylic acid groups (broad SMARTS) is 1. The highest BCUT2D eigenvalue weighted by Gasteiger charge is 2.19. The highest BCUT2D eigenvalue weighted by Crippen LogP contribution is 2.22. The molecule has 1 N–H and O–H groups in total. The summed E-state index contributed by atoms with van der Waals surface area (Å²) in [5.41, 5.74) is 1.17. The third-order valence-electron chi connectivity index (χ3n) is 4.21. The van der Waals surface area contributed by atoms with Gasteiger partial charge in [-0.15, -0.1) is 0 Å². The minimum Gasteiger partial charge on any atom is -0.478 e. The second-order valence-electron chi connectivity index (χ2n) is 7.27. The van der Waals surface area contributed by atoms with Crippen molar-refractivity contribution in [2.24, 2.45) is 0 Å².